The number of nitro groups is 1. The van der Waals surface area contributed by atoms with Crippen LogP contribution in [0.25, 0.3) is 32.7 Å². The number of carbonyl (C=O) groups excluding carboxylic acids is 1. The van der Waals surface area contributed by atoms with Gasteiger partial charge in [-0.3, -0.25) is 20.2 Å². The molecule has 0 atom stereocenters. The van der Waals surface area contributed by atoms with E-state index >= 15 is 0 Å². The fraction of sp³-hybridized carbons (Fsp3) is 0.0385. The highest BCUT2D eigenvalue weighted by Crippen LogP contribution is 2.41. The van der Waals surface area contributed by atoms with Crippen LogP contribution in [0.3, 0.4) is 0 Å². The Morgan fingerprint density at radius 3 is 2.44 bits per heavy atom. The third-order valence-corrected chi connectivity index (χ3v) is 7.42. The fourth-order valence-electron chi connectivity index (χ4n) is 3.66. The minimum atomic E-state index is -0.455. The van der Waals surface area contributed by atoms with E-state index in [0.29, 0.717) is 25.9 Å². The normalized spacial score (nSPS) is 10.8. The number of nitrogens with zero attached hydrogens (tertiary/aromatic N) is 3. The van der Waals surface area contributed by atoms with Crippen LogP contribution in [-0.4, -0.2) is 21.6 Å². The average molecular weight is 513 g/mol. The lowest BCUT2D eigenvalue weighted by atomic mass is 9.98. The van der Waals surface area contributed by atoms with E-state index in [1.807, 2.05) is 60.7 Å². The number of thioether (sulfide) groups is 1. The van der Waals surface area contributed by atoms with Crippen molar-refractivity contribution in [3.05, 3.63) is 94.5 Å². The second-order valence-electron chi connectivity index (χ2n) is 7.58. The number of rotatable bonds is 7. The highest BCUT2D eigenvalue weighted by molar-refractivity contribution is 8.01. The van der Waals surface area contributed by atoms with E-state index in [1.54, 1.807) is 6.07 Å². The topological polar surface area (TPSA) is 122 Å². The Balaban J connectivity index is 1.40. The summed E-state index contributed by atoms with van der Waals surface area (Å²) < 4.78 is 7.32. The number of furan rings is 1. The molecule has 0 aliphatic carbocycles. The van der Waals surface area contributed by atoms with E-state index < -0.39 is 4.92 Å². The summed E-state index contributed by atoms with van der Waals surface area (Å²) in [5.74, 6) is 0.235. The second-order valence-corrected chi connectivity index (χ2v) is 9.83. The molecule has 1 N–H and O–H groups in total. The molecule has 10 heteroatoms. The van der Waals surface area contributed by atoms with Crippen LogP contribution < -0.4 is 5.32 Å². The molecule has 36 heavy (non-hydrogen) atoms. The number of amides is 1. The van der Waals surface area contributed by atoms with Gasteiger partial charge in [-0.2, -0.15) is 5.26 Å². The van der Waals surface area contributed by atoms with Crippen LogP contribution in [0, 0.1) is 21.4 Å². The summed E-state index contributed by atoms with van der Waals surface area (Å²) >= 11 is 2.48. The monoisotopic (exact) mass is 512 g/mol. The van der Waals surface area contributed by atoms with Gasteiger partial charge in [-0.25, -0.2) is 4.98 Å². The van der Waals surface area contributed by atoms with Crippen LogP contribution in [0.5, 0.6) is 0 Å². The van der Waals surface area contributed by atoms with Crippen LogP contribution in [0.15, 0.2) is 87.6 Å². The molecule has 0 aliphatic rings. The van der Waals surface area contributed by atoms with E-state index in [4.69, 9.17) is 4.42 Å². The summed E-state index contributed by atoms with van der Waals surface area (Å²) in [5, 5.41) is 23.7. The van der Waals surface area contributed by atoms with Gasteiger partial charge in [-0.05, 0) is 11.6 Å². The number of aromatic nitrogens is 1. The summed E-state index contributed by atoms with van der Waals surface area (Å²) in [4.78, 5) is 27.8. The molecule has 8 nitrogen and oxygen atoms in total. The first-order valence-corrected chi connectivity index (χ1v) is 12.5. The first-order chi connectivity index (χ1) is 17.5. The van der Waals surface area contributed by atoms with Gasteiger partial charge in [0, 0.05) is 23.3 Å². The molecule has 2 heterocycles. The van der Waals surface area contributed by atoms with E-state index in [2.05, 4.69) is 16.4 Å². The van der Waals surface area contributed by atoms with Crippen molar-refractivity contribution in [3.8, 4) is 28.5 Å². The Labute approximate surface area is 213 Å². The van der Waals surface area contributed by atoms with E-state index in [9.17, 15) is 20.2 Å². The first kappa shape index (κ1) is 23.3. The van der Waals surface area contributed by atoms with Crippen molar-refractivity contribution in [2.24, 2.45) is 0 Å². The SMILES string of the molecule is N#Cc1c(NC(=O)CSc2nc3ccc([N+](=O)[O-])cc3s2)oc(-c2ccccc2)c1-c1ccccc1. The number of nitrogens with one attached hydrogen (secondary N) is 1. The van der Waals surface area contributed by atoms with Crippen LogP contribution in [0.1, 0.15) is 5.56 Å². The number of nitriles is 1. The quantitative estimate of drug-likeness (QED) is 0.146. The van der Waals surface area contributed by atoms with Gasteiger partial charge >= 0.3 is 0 Å². The summed E-state index contributed by atoms with van der Waals surface area (Å²) in [6.07, 6.45) is 0. The van der Waals surface area contributed by atoms with Gasteiger partial charge in [0.05, 0.1) is 20.9 Å². The molecule has 0 aliphatic heterocycles. The second kappa shape index (κ2) is 10.0. The molecular weight excluding hydrogens is 496 g/mol. The van der Waals surface area contributed by atoms with Gasteiger partial charge in [-0.15, -0.1) is 11.3 Å². The van der Waals surface area contributed by atoms with Crippen molar-refractivity contribution in [1.82, 2.24) is 4.98 Å². The Morgan fingerprint density at radius 1 is 1.08 bits per heavy atom. The van der Waals surface area contributed by atoms with Gasteiger partial charge in [0.25, 0.3) is 5.69 Å². The van der Waals surface area contributed by atoms with Crippen LogP contribution in [0.2, 0.25) is 0 Å². The number of thiazole rings is 1. The summed E-state index contributed by atoms with van der Waals surface area (Å²) in [5.41, 5.74) is 3.06. The number of hydrogen-bond acceptors (Lipinski definition) is 8. The summed E-state index contributed by atoms with van der Waals surface area (Å²) in [6.45, 7) is 0. The molecule has 0 saturated carbocycles. The predicted octanol–water partition coefficient (Wildman–Crippen LogP) is 6.73. The molecule has 5 rings (SSSR count). The molecule has 176 valence electrons. The van der Waals surface area contributed by atoms with Crippen molar-refractivity contribution in [3.63, 3.8) is 0 Å². The molecule has 3 aromatic carbocycles. The van der Waals surface area contributed by atoms with Crippen LogP contribution >= 0.6 is 23.1 Å². The third kappa shape index (κ3) is 4.70. The van der Waals surface area contributed by atoms with Crippen LogP contribution in [-0.2, 0) is 4.79 Å². The van der Waals surface area contributed by atoms with Crippen LogP contribution in [0.4, 0.5) is 11.6 Å². The smallest absolute Gasteiger partial charge is 0.270 e. The van der Waals surface area contributed by atoms with E-state index in [-0.39, 0.29) is 28.8 Å². The molecule has 5 aromatic rings. The minimum Gasteiger partial charge on any atom is -0.438 e. The zero-order valence-electron chi connectivity index (χ0n) is 18.5. The van der Waals surface area contributed by atoms with E-state index in [1.165, 1.54) is 35.2 Å². The number of hydrogen-bond donors (Lipinski definition) is 1. The maximum atomic E-state index is 12.8. The number of benzene rings is 3. The highest BCUT2D eigenvalue weighted by Gasteiger charge is 2.24. The van der Waals surface area contributed by atoms with Crippen molar-refractivity contribution in [2.45, 2.75) is 4.34 Å². The number of nitro benzene ring substituents is 1. The molecule has 0 saturated heterocycles. The Hall–Kier alpha value is -4.46. The average Bonchev–Trinajstić information content (AvgIpc) is 3.48. The number of non-ortho nitro benzene ring substituents is 1. The largest absolute Gasteiger partial charge is 0.438 e. The summed E-state index contributed by atoms with van der Waals surface area (Å²) in [6, 6.07) is 25.5. The van der Waals surface area contributed by atoms with Gasteiger partial charge in [0.15, 0.2) is 4.34 Å². The zero-order valence-corrected chi connectivity index (χ0v) is 20.1. The molecule has 0 spiro atoms. The zero-order chi connectivity index (χ0) is 25.1. The Bertz CT molecular complexity index is 1620. The molecule has 1 amide bonds. The van der Waals surface area contributed by atoms with Gasteiger partial charge in [-0.1, -0.05) is 72.4 Å². The molecular formula is C26H16N4O4S2. The number of anilines is 1. The van der Waals surface area contributed by atoms with Crippen molar-refractivity contribution < 1.29 is 14.1 Å². The molecule has 0 bridgehead atoms. The summed E-state index contributed by atoms with van der Waals surface area (Å²) in [7, 11) is 0. The molecule has 0 unspecified atom stereocenters. The maximum Gasteiger partial charge on any atom is 0.270 e. The standard InChI is InChI=1S/C26H16N4O4S2/c27-14-19-23(16-7-3-1-4-8-16)24(17-9-5-2-6-10-17)34-25(19)29-22(31)15-35-26-28-20-12-11-18(30(32)33)13-21(20)36-26/h1-13H,15H2,(H,29,31). The van der Waals surface area contributed by atoms with Gasteiger partial charge in [0.1, 0.15) is 17.4 Å². The van der Waals surface area contributed by atoms with Gasteiger partial charge in [0.2, 0.25) is 11.8 Å². The fourth-order valence-corrected chi connectivity index (χ4v) is 5.56. The number of carbonyl (C=O) groups is 1. The van der Waals surface area contributed by atoms with Crippen molar-refractivity contribution >= 4 is 50.8 Å². The lowest BCUT2D eigenvalue weighted by molar-refractivity contribution is -0.384. The highest BCUT2D eigenvalue weighted by atomic mass is 32.2. The number of fused-ring (bicyclic) bond motifs is 1. The third-order valence-electron chi connectivity index (χ3n) is 5.26. The van der Waals surface area contributed by atoms with E-state index in [0.717, 1.165) is 11.1 Å². The molecule has 0 fully saturated rings. The maximum absolute atomic E-state index is 12.8. The first-order valence-electron chi connectivity index (χ1n) is 10.7. The van der Waals surface area contributed by atoms with Crippen molar-refractivity contribution in [1.29, 1.82) is 5.26 Å². The molecule has 2 aromatic heterocycles. The van der Waals surface area contributed by atoms with Crippen molar-refractivity contribution in [2.75, 3.05) is 11.1 Å². The lowest BCUT2D eigenvalue weighted by Gasteiger charge is -2.03. The Kier molecular flexibility index (Phi) is 6.49. The van der Waals surface area contributed by atoms with Gasteiger partial charge < -0.3 is 4.42 Å². The molecule has 0 radical (unpaired) electrons. The lowest BCUT2D eigenvalue weighted by Crippen LogP contribution is -2.14. The predicted molar refractivity (Wildman–Crippen MR) is 140 cm³/mol. The minimum absolute atomic E-state index is 0.00858. The Morgan fingerprint density at radius 2 is 1.78 bits per heavy atom.